The van der Waals surface area contributed by atoms with E-state index in [-0.39, 0.29) is 36.2 Å². The van der Waals surface area contributed by atoms with E-state index in [0.717, 1.165) is 62.9 Å². The molecule has 1 N–H and O–H groups in total. The Labute approximate surface area is 253 Å². The molecule has 0 aromatic heterocycles. The first-order valence-corrected chi connectivity index (χ1v) is 17.1. The largest absolute Gasteiger partial charge is 0.511 e. The molecule has 3 aliphatic carbocycles. The number of hydrogen-bond acceptors (Lipinski definition) is 7. The van der Waals surface area contributed by atoms with Gasteiger partial charge in [0.1, 0.15) is 11.9 Å². The number of likely N-dealkylation sites (N-methyl/N-ethyl adjacent to an activating group) is 1. The molecule has 0 aromatic carbocycles. The SMILES string of the molecule is C=C1CC[C@@]2(O)C3CC4C=CC(OCOC(=O)OCCCCCCCCCCCCCC)=C5O[C@@H]1[C@]2(CCN3CC)C54. The highest BCUT2D eigenvalue weighted by molar-refractivity contribution is 5.59. The summed E-state index contributed by atoms with van der Waals surface area (Å²) in [7, 11) is 0. The lowest BCUT2D eigenvalue weighted by atomic mass is 9.44. The van der Waals surface area contributed by atoms with Crippen molar-refractivity contribution in [2.75, 3.05) is 26.5 Å². The van der Waals surface area contributed by atoms with Gasteiger partial charge in [-0.15, -0.1) is 0 Å². The van der Waals surface area contributed by atoms with E-state index in [1.807, 2.05) is 6.08 Å². The minimum absolute atomic E-state index is 0.0533. The summed E-state index contributed by atoms with van der Waals surface area (Å²) in [5.74, 6) is 1.73. The fourth-order valence-corrected chi connectivity index (χ4v) is 8.92. The highest BCUT2D eigenvalue weighted by atomic mass is 16.8. The first-order valence-electron chi connectivity index (χ1n) is 17.1. The van der Waals surface area contributed by atoms with Gasteiger partial charge in [-0.25, -0.2) is 4.79 Å². The van der Waals surface area contributed by atoms with Crippen molar-refractivity contribution in [2.24, 2.45) is 17.3 Å². The van der Waals surface area contributed by atoms with Crippen molar-refractivity contribution in [1.82, 2.24) is 4.90 Å². The lowest BCUT2D eigenvalue weighted by molar-refractivity contribution is -0.239. The number of carbonyl (C=O) groups is 1. The molecule has 2 saturated heterocycles. The number of rotatable bonds is 17. The third kappa shape index (κ3) is 6.02. The molecule has 6 atom stereocenters. The van der Waals surface area contributed by atoms with Crippen LogP contribution in [0.1, 0.15) is 117 Å². The summed E-state index contributed by atoms with van der Waals surface area (Å²) in [5, 5.41) is 12.3. The van der Waals surface area contributed by atoms with Crippen LogP contribution in [0.3, 0.4) is 0 Å². The Morgan fingerprint density at radius 2 is 1.71 bits per heavy atom. The third-order valence-corrected chi connectivity index (χ3v) is 11.0. The van der Waals surface area contributed by atoms with Crippen LogP contribution in [-0.4, -0.2) is 60.4 Å². The molecule has 7 nitrogen and oxygen atoms in total. The van der Waals surface area contributed by atoms with Crippen LogP contribution in [0.4, 0.5) is 4.79 Å². The molecule has 0 aromatic rings. The summed E-state index contributed by atoms with van der Waals surface area (Å²) in [6.45, 7) is 10.9. The molecule has 2 saturated carbocycles. The van der Waals surface area contributed by atoms with Gasteiger partial charge in [-0.3, -0.25) is 4.90 Å². The number of nitrogens with zero attached hydrogens (tertiary/aromatic N) is 1. The number of likely N-dealkylation sites (tertiary alicyclic amines) is 1. The number of aliphatic hydroxyl groups is 1. The topological polar surface area (TPSA) is 77.5 Å². The average molecular weight is 586 g/mol. The van der Waals surface area contributed by atoms with E-state index in [9.17, 15) is 9.90 Å². The number of unbranched alkanes of at least 4 members (excludes halogenated alkanes) is 11. The number of piperidine rings is 1. The summed E-state index contributed by atoms with van der Waals surface area (Å²) in [4.78, 5) is 14.6. The zero-order chi connectivity index (χ0) is 29.6. The molecular formula is C35H55NO6. The van der Waals surface area contributed by atoms with Crippen LogP contribution in [0.2, 0.25) is 0 Å². The molecule has 1 spiro atoms. The van der Waals surface area contributed by atoms with Crippen LogP contribution in [0.15, 0.2) is 35.8 Å². The molecule has 0 radical (unpaired) electrons. The summed E-state index contributed by atoms with van der Waals surface area (Å²) in [5.41, 5.74) is -0.118. The second-order valence-electron chi connectivity index (χ2n) is 13.4. The number of carbonyl (C=O) groups excluding carboxylic acids is 1. The van der Waals surface area contributed by atoms with E-state index in [0.29, 0.717) is 12.4 Å². The van der Waals surface area contributed by atoms with Crippen molar-refractivity contribution in [1.29, 1.82) is 0 Å². The van der Waals surface area contributed by atoms with Crippen LogP contribution in [0, 0.1) is 17.3 Å². The molecule has 2 aliphatic heterocycles. The van der Waals surface area contributed by atoms with Crippen molar-refractivity contribution < 1.29 is 28.8 Å². The molecule has 3 unspecified atom stereocenters. The smallest absolute Gasteiger partial charge is 0.485 e. The molecule has 2 bridgehead atoms. The fraction of sp³-hybridized carbons (Fsp3) is 0.800. The van der Waals surface area contributed by atoms with Crippen LogP contribution in [-0.2, 0) is 18.9 Å². The van der Waals surface area contributed by atoms with Crippen molar-refractivity contribution in [3.63, 3.8) is 0 Å². The molecule has 5 aliphatic rings. The lowest BCUT2D eigenvalue weighted by Gasteiger charge is -2.66. The van der Waals surface area contributed by atoms with Gasteiger partial charge in [0, 0.05) is 12.0 Å². The maximum atomic E-state index is 12.3. The molecule has 5 rings (SSSR count). The Morgan fingerprint density at radius 3 is 2.40 bits per heavy atom. The highest BCUT2D eigenvalue weighted by Crippen LogP contribution is 2.70. The van der Waals surface area contributed by atoms with Gasteiger partial charge in [0.15, 0.2) is 5.76 Å². The predicted molar refractivity (Wildman–Crippen MR) is 164 cm³/mol. The van der Waals surface area contributed by atoms with E-state index >= 15 is 0 Å². The molecule has 236 valence electrons. The Bertz CT molecular complexity index is 1010. The van der Waals surface area contributed by atoms with Gasteiger partial charge in [-0.1, -0.05) is 97.1 Å². The first-order chi connectivity index (χ1) is 20.5. The highest BCUT2D eigenvalue weighted by Gasteiger charge is 2.75. The van der Waals surface area contributed by atoms with E-state index in [4.69, 9.17) is 18.9 Å². The molecule has 4 fully saturated rings. The quantitative estimate of drug-likeness (QED) is 0.0808. The molecular weight excluding hydrogens is 530 g/mol. The third-order valence-electron chi connectivity index (χ3n) is 11.0. The monoisotopic (exact) mass is 585 g/mol. The van der Waals surface area contributed by atoms with Crippen molar-refractivity contribution in [3.8, 4) is 0 Å². The standard InChI is InChI=1S/C35H55NO6/c1-4-6-7-8-9-10-11-12-13-14-15-16-23-39-33(37)41-25-40-28-18-17-27-24-29-35(38)20-19-26(3)32-34(35,21-22-36(29)5-2)30(27)31(28)42-32/h17-18,27,29-30,32,38H,3-16,19-25H2,1-2H3/t27?,29?,30?,32-,34-,35+/m0/s1. The van der Waals surface area contributed by atoms with Gasteiger partial charge in [-0.2, -0.15) is 0 Å². The van der Waals surface area contributed by atoms with E-state index < -0.39 is 11.8 Å². The normalized spacial score (nSPS) is 32.9. The molecule has 7 heteroatoms. The maximum absolute atomic E-state index is 12.3. The Kier molecular flexibility index (Phi) is 10.6. The van der Waals surface area contributed by atoms with Crippen LogP contribution < -0.4 is 0 Å². The fourth-order valence-electron chi connectivity index (χ4n) is 8.92. The minimum Gasteiger partial charge on any atom is -0.485 e. The van der Waals surface area contributed by atoms with Crippen molar-refractivity contribution in [2.45, 2.75) is 134 Å². The van der Waals surface area contributed by atoms with Gasteiger partial charge in [-0.05, 0) is 62.8 Å². The molecule has 42 heavy (non-hydrogen) atoms. The summed E-state index contributed by atoms with van der Waals surface area (Å²) in [6.07, 6.45) is 21.8. The first kappa shape index (κ1) is 31.4. The Balaban J connectivity index is 1.04. The van der Waals surface area contributed by atoms with Crippen molar-refractivity contribution in [3.05, 3.63) is 35.8 Å². The Morgan fingerprint density at radius 1 is 1.02 bits per heavy atom. The van der Waals surface area contributed by atoms with E-state index in [1.54, 1.807) is 0 Å². The summed E-state index contributed by atoms with van der Waals surface area (Å²) >= 11 is 0. The van der Waals surface area contributed by atoms with E-state index in [1.165, 1.54) is 64.2 Å². The van der Waals surface area contributed by atoms with Crippen molar-refractivity contribution >= 4 is 6.16 Å². The zero-order valence-corrected chi connectivity index (χ0v) is 26.2. The average Bonchev–Trinajstić information content (AvgIpc) is 3.34. The van der Waals surface area contributed by atoms with Gasteiger partial charge in [0.25, 0.3) is 0 Å². The second-order valence-corrected chi connectivity index (χ2v) is 13.4. The predicted octanol–water partition coefficient (Wildman–Crippen LogP) is 7.79. The summed E-state index contributed by atoms with van der Waals surface area (Å²) < 4.78 is 23.1. The van der Waals surface area contributed by atoms with Gasteiger partial charge < -0.3 is 24.1 Å². The van der Waals surface area contributed by atoms with Crippen LogP contribution >= 0.6 is 0 Å². The number of hydrogen-bond donors (Lipinski definition) is 1. The molecule has 2 heterocycles. The number of ether oxygens (including phenoxy) is 4. The minimum atomic E-state index is -0.805. The summed E-state index contributed by atoms with van der Waals surface area (Å²) in [6, 6.07) is 0.131. The molecule has 0 amide bonds. The van der Waals surface area contributed by atoms with E-state index in [2.05, 4.69) is 31.4 Å². The zero-order valence-electron chi connectivity index (χ0n) is 26.2. The van der Waals surface area contributed by atoms with Gasteiger partial charge in [0.2, 0.25) is 6.79 Å². The Hall–Kier alpha value is -1.99. The maximum Gasteiger partial charge on any atom is 0.511 e. The second kappa shape index (κ2) is 14.2. The lowest BCUT2D eigenvalue weighted by Crippen LogP contribution is -2.75. The van der Waals surface area contributed by atoms with Gasteiger partial charge >= 0.3 is 6.16 Å². The number of allylic oxidation sites excluding steroid dienone is 3. The van der Waals surface area contributed by atoms with Gasteiger partial charge in [0.05, 0.1) is 17.6 Å². The van der Waals surface area contributed by atoms with Crippen LogP contribution in [0.5, 0.6) is 0 Å². The van der Waals surface area contributed by atoms with Crippen LogP contribution in [0.25, 0.3) is 0 Å².